The molecule has 1 aliphatic carbocycles. The van der Waals surface area contributed by atoms with Crippen molar-refractivity contribution in [3.63, 3.8) is 0 Å². The molecule has 196 valence electrons. The van der Waals surface area contributed by atoms with Crippen LogP contribution in [0.2, 0.25) is 0 Å². The van der Waals surface area contributed by atoms with Crippen LogP contribution in [0.1, 0.15) is 53.4 Å². The molecule has 1 heterocycles. The smallest absolute Gasteiger partial charge is 0.169 e. The molecule has 0 bridgehead atoms. The number of nitriles is 1. The molecule has 41 heavy (non-hydrogen) atoms. The van der Waals surface area contributed by atoms with Gasteiger partial charge in [-0.25, -0.2) is 9.98 Å². The van der Waals surface area contributed by atoms with Crippen LogP contribution in [-0.2, 0) is 5.41 Å². The van der Waals surface area contributed by atoms with Gasteiger partial charge in [0.15, 0.2) is 6.17 Å². The van der Waals surface area contributed by atoms with Gasteiger partial charge >= 0.3 is 0 Å². The van der Waals surface area contributed by atoms with Crippen molar-refractivity contribution in [3.05, 3.63) is 155 Å². The summed E-state index contributed by atoms with van der Waals surface area (Å²) in [6.07, 6.45) is -0.315. The van der Waals surface area contributed by atoms with Crippen molar-refractivity contribution < 1.29 is 0 Å². The zero-order valence-electron chi connectivity index (χ0n) is 23.0. The first-order valence-corrected chi connectivity index (χ1v) is 13.8. The van der Waals surface area contributed by atoms with Gasteiger partial charge < -0.3 is 5.32 Å². The Morgan fingerprint density at radius 2 is 1.15 bits per heavy atom. The van der Waals surface area contributed by atoms with E-state index in [-0.39, 0.29) is 11.6 Å². The van der Waals surface area contributed by atoms with Gasteiger partial charge in [0.2, 0.25) is 0 Å². The lowest BCUT2D eigenvalue weighted by Gasteiger charge is -2.23. The molecule has 5 aromatic rings. The van der Waals surface area contributed by atoms with E-state index in [1.54, 1.807) is 0 Å². The van der Waals surface area contributed by atoms with Gasteiger partial charge in [-0.1, -0.05) is 117 Å². The molecular weight excluding hydrogens is 500 g/mol. The Morgan fingerprint density at radius 1 is 0.610 bits per heavy atom. The van der Waals surface area contributed by atoms with Gasteiger partial charge in [0.25, 0.3) is 0 Å². The lowest BCUT2D eigenvalue weighted by atomic mass is 9.81. The highest BCUT2D eigenvalue weighted by atomic mass is 15.2. The molecule has 1 N–H and O–H groups in total. The van der Waals surface area contributed by atoms with Crippen LogP contribution in [0.5, 0.6) is 0 Å². The normalized spacial score (nSPS) is 16.5. The van der Waals surface area contributed by atoms with E-state index in [0.717, 1.165) is 33.9 Å². The Labute approximate surface area is 240 Å². The van der Waals surface area contributed by atoms with Crippen LogP contribution in [0.4, 0.5) is 0 Å². The fraction of sp³-hybridized carbons (Fsp3) is 0.108. The van der Waals surface area contributed by atoms with Gasteiger partial charge in [-0.05, 0) is 57.1 Å². The topological polar surface area (TPSA) is 60.5 Å². The minimum Gasteiger partial charge on any atom is -0.324 e. The molecule has 4 heteroatoms. The maximum Gasteiger partial charge on any atom is 0.169 e. The second-order valence-electron chi connectivity index (χ2n) is 11.1. The van der Waals surface area contributed by atoms with Gasteiger partial charge in [0, 0.05) is 16.5 Å². The minimum atomic E-state index is -0.315. The zero-order valence-corrected chi connectivity index (χ0v) is 23.0. The minimum absolute atomic E-state index is 0.173. The average Bonchev–Trinajstić information content (AvgIpc) is 3.27. The average molecular weight is 529 g/mol. The monoisotopic (exact) mass is 528 g/mol. The number of benzene rings is 5. The first-order chi connectivity index (χ1) is 20.0. The van der Waals surface area contributed by atoms with E-state index in [1.807, 2.05) is 48.5 Å². The molecule has 0 saturated heterocycles. The third-order valence-electron chi connectivity index (χ3n) is 8.18. The third-order valence-corrected chi connectivity index (χ3v) is 8.18. The Kier molecular flexibility index (Phi) is 5.87. The number of nitrogens with one attached hydrogen (secondary N) is 1. The molecule has 0 amide bonds. The summed E-state index contributed by atoms with van der Waals surface area (Å²) in [7, 11) is 0. The molecule has 4 nitrogen and oxygen atoms in total. The number of nitrogens with zero attached hydrogens (tertiary/aromatic N) is 3. The fourth-order valence-electron chi connectivity index (χ4n) is 5.92. The lowest BCUT2D eigenvalue weighted by molar-refractivity contribution is 0.660. The predicted molar refractivity (Wildman–Crippen MR) is 166 cm³/mol. The molecule has 0 saturated carbocycles. The van der Waals surface area contributed by atoms with Crippen LogP contribution in [0.25, 0.3) is 22.3 Å². The Bertz CT molecular complexity index is 1880. The second kappa shape index (κ2) is 9.73. The summed E-state index contributed by atoms with van der Waals surface area (Å²) in [5.74, 6) is 1.62. The van der Waals surface area contributed by atoms with Crippen molar-refractivity contribution in [1.29, 1.82) is 5.26 Å². The summed E-state index contributed by atoms with van der Waals surface area (Å²) in [4.78, 5) is 9.94. The molecule has 0 fully saturated rings. The van der Waals surface area contributed by atoms with Gasteiger partial charge in [0.1, 0.15) is 11.7 Å². The van der Waals surface area contributed by atoms with Crippen LogP contribution in [0.15, 0.2) is 131 Å². The largest absolute Gasteiger partial charge is 0.324 e. The summed E-state index contributed by atoms with van der Waals surface area (Å²) in [6.45, 7) is 4.49. The summed E-state index contributed by atoms with van der Waals surface area (Å²) < 4.78 is 0. The quantitative estimate of drug-likeness (QED) is 0.257. The molecule has 7 rings (SSSR count). The Balaban J connectivity index is 1.22. The number of rotatable bonds is 4. The molecule has 2 aliphatic rings. The molecule has 5 aromatic carbocycles. The maximum absolute atomic E-state index is 9.44. The van der Waals surface area contributed by atoms with E-state index in [0.29, 0.717) is 5.56 Å². The maximum atomic E-state index is 9.44. The van der Waals surface area contributed by atoms with Crippen molar-refractivity contribution in [3.8, 4) is 28.3 Å². The first kappa shape index (κ1) is 24.7. The van der Waals surface area contributed by atoms with Crippen LogP contribution < -0.4 is 5.32 Å². The van der Waals surface area contributed by atoms with Crippen LogP contribution >= 0.6 is 0 Å². The Hall–Kier alpha value is -5.27. The first-order valence-electron chi connectivity index (χ1n) is 13.8. The van der Waals surface area contributed by atoms with Crippen molar-refractivity contribution in [2.24, 2.45) is 9.98 Å². The van der Waals surface area contributed by atoms with Crippen LogP contribution in [0, 0.1) is 11.3 Å². The molecule has 0 radical (unpaired) electrons. The number of amidine groups is 2. The number of fused-ring (bicyclic) bond motifs is 3. The van der Waals surface area contributed by atoms with E-state index in [9.17, 15) is 5.26 Å². The molecule has 0 aromatic heterocycles. The zero-order chi connectivity index (χ0) is 28.0. The van der Waals surface area contributed by atoms with Crippen molar-refractivity contribution in [2.75, 3.05) is 0 Å². The predicted octanol–water partition coefficient (Wildman–Crippen LogP) is 8.03. The highest BCUT2D eigenvalue weighted by molar-refractivity contribution is 6.16. The van der Waals surface area contributed by atoms with Crippen molar-refractivity contribution >= 4 is 11.7 Å². The van der Waals surface area contributed by atoms with Crippen molar-refractivity contribution in [2.45, 2.75) is 25.4 Å². The highest BCUT2D eigenvalue weighted by Crippen LogP contribution is 2.49. The SMILES string of the molecule is CC1(C)c2cc(C#N)ccc2-c2ccc(-c3ccc(C4=NC(c5ccccc5)N=C(c5ccccc5)N4)cc3)cc21. The summed E-state index contributed by atoms with van der Waals surface area (Å²) >= 11 is 0. The highest BCUT2D eigenvalue weighted by Gasteiger charge is 2.35. The number of hydrogen-bond acceptors (Lipinski definition) is 4. The van der Waals surface area contributed by atoms with E-state index >= 15 is 0 Å². The number of aliphatic imine (C=N–C) groups is 2. The number of hydrogen-bond donors (Lipinski definition) is 1. The van der Waals surface area contributed by atoms with Gasteiger partial charge in [-0.3, -0.25) is 0 Å². The van der Waals surface area contributed by atoms with E-state index in [2.05, 4.69) is 98.0 Å². The van der Waals surface area contributed by atoms with Gasteiger partial charge in [-0.15, -0.1) is 0 Å². The van der Waals surface area contributed by atoms with E-state index < -0.39 is 0 Å². The summed E-state index contributed by atoms with van der Waals surface area (Å²) in [6, 6.07) is 44.0. The Morgan fingerprint density at radius 3 is 1.80 bits per heavy atom. The molecular formula is C37H28N4. The standard InChI is InChI=1S/C37H28N4/c1-37(2)32-21-24(23-38)13-19-30(32)31-20-18-29(22-33(31)37)25-14-16-28(17-15-25)36-40-34(26-9-5-3-6-10-26)39-35(41-36)27-11-7-4-8-12-27/h3-22,34H,1-2H3,(H,39,40,41). The molecule has 0 spiro atoms. The van der Waals surface area contributed by atoms with Crippen LogP contribution in [0.3, 0.4) is 0 Å². The van der Waals surface area contributed by atoms with Gasteiger partial charge in [0.05, 0.1) is 11.6 Å². The fourth-order valence-corrected chi connectivity index (χ4v) is 5.92. The lowest BCUT2D eigenvalue weighted by Crippen LogP contribution is -2.36. The van der Waals surface area contributed by atoms with E-state index in [4.69, 9.17) is 9.98 Å². The van der Waals surface area contributed by atoms with Crippen LogP contribution in [-0.4, -0.2) is 11.7 Å². The third kappa shape index (κ3) is 4.33. The van der Waals surface area contributed by atoms with Gasteiger partial charge in [-0.2, -0.15) is 5.26 Å². The summed E-state index contributed by atoms with van der Waals surface area (Å²) in [5.41, 5.74) is 10.9. The molecule has 1 unspecified atom stereocenters. The molecule has 1 aliphatic heterocycles. The van der Waals surface area contributed by atoms with E-state index in [1.165, 1.54) is 27.8 Å². The van der Waals surface area contributed by atoms with Crippen molar-refractivity contribution in [1.82, 2.24) is 5.32 Å². The molecule has 1 atom stereocenters. The summed E-state index contributed by atoms with van der Waals surface area (Å²) in [5, 5.41) is 12.9. The second-order valence-corrected chi connectivity index (χ2v) is 11.1.